The zero-order chi connectivity index (χ0) is 8.81. The van der Waals surface area contributed by atoms with E-state index in [9.17, 15) is 0 Å². The molecule has 0 bridgehead atoms. The van der Waals surface area contributed by atoms with E-state index in [1.807, 2.05) is 31.3 Å². The van der Waals surface area contributed by atoms with Crippen molar-refractivity contribution in [3.05, 3.63) is 35.4 Å². The fraction of sp³-hybridized carbons (Fsp3) is 0.222. The van der Waals surface area contributed by atoms with E-state index < -0.39 is 0 Å². The molecule has 0 radical (unpaired) electrons. The smallest absolute Gasteiger partial charge is 0.0994 e. The first-order valence-corrected chi connectivity index (χ1v) is 4.63. The average Bonchev–Trinajstić information content (AvgIpc) is 2.15. The van der Waals surface area contributed by atoms with Crippen molar-refractivity contribution < 1.29 is 0 Å². The topological polar surface area (TPSA) is 35.8 Å². The van der Waals surface area contributed by atoms with Crippen molar-refractivity contribution in [1.29, 1.82) is 5.26 Å². The Balaban J connectivity index is 2.77. The Kier molecular flexibility index (Phi) is 3.65. The Bertz CT molecular complexity index is 291. The third-order valence-corrected chi connectivity index (χ3v) is 2.25. The molecule has 0 saturated heterocycles. The van der Waals surface area contributed by atoms with Gasteiger partial charge in [0.25, 0.3) is 0 Å². The summed E-state index contributed by atoms with van der Waals surface area (Å²) in [4.78, 5) is 0. The summed E-state index contributed by atoms with van der Waals surface area (Å²) < 4.78 is 2.97. The second kappa shape index (κ2) is 4.81. The van der Waals surface area contributed by atoms with Gasteiger partial charge in [-0.1, -0.05) is 30.1 Å². The maximum Gasteiger partial charge on any atom is 0.0994 e. The number of hydrogen-bond acceptors (Lipinski definition) is 3. The molecule has 2 nitrogen and oxygen atoms in total. The molecule has 0 aromatic heterocycles. The zero-order valence-corrected chi connectivity index (χ0v) is 7.69. The summed E-state index contributed by atoms with van der Waals surface area (Å²) in [6.45, 7) is 0. The largest absolute Gasteiger partial charge is 0.267 e. The predicted molar refractivity (Wildman–Crippen MR) is 51.5 cm³/mol. The highest BCUT2D eigenvalue weighted by molar-refractivity contribution is 7.96. The molecule has 12 heavy (non-hydrogen) atoms. The lowest BCUT2D eigenvalue weighted by atomic mass is 10.1. The van der Waals surface area contributed by atoms with Crippen LogP contribution in [0.2, 0.25) is 0 Å². The van der Waals surface area contributed by atoms with E-state index in [2.05, 4.69) is 10.8 Å². The lowest BCUT2D eigenvalue weighted by Gasteiger charge is -2.01. The van der Waals surface area contributed by atoms with Gasteiger partial charge in [-0.15, -0.1) is 0 Å². The molecule has 1 aromatic rings. The fourth-order valence-corrected chi connectivity index (χ4v) is 1.46. The number of hydrogen-bond donors (Lipinski definition) is 1. The highest BCUT2D eigenvalue weighted by atomic mass is 32.2. The molecular formula is C9H10N2S. The van der Waals surface area contributed by atoms with Crippen molar-refractivity contribution >= 4 is 11.9 Å². The lowest BCUT2D eigenvalue weighted by molar-refractivity contribution is 1.26. The minimum Gasteiger partial charge on any atom is -0.267 e. The average molecular weight is 178 g/mol. The molecule has 3 heteroatoms. The van der Waals surface area contributed by atoms with E-state index in [1.165, 1.54) is 0 Å². The summed E-state index contributed by atoms with van der Waals surface area (Å²) >= 11 is 1.59. The second-order valence-corrected chi connectivity index (χ2v) is 3.25. The Morgan fingerprint density at radius 3 is 2.92 bits per heavy atom. The van der Waals surface area contributed by atoms with Crippen LogP contribution in [0.4, 0.5) is 0 Å². The van der Waals surface area contributed by atoms with Crippen LogP contribution in [0.25, 0.3) is 0 Å². The van der Waals surface area contributed by atoms with Gasteiger partial charge in [0.2, 0.25) is 0 Å². The fourth-order valence-electron chi connectivity index (χ4n) is 0.905. The van der Waals surface area contributed by atoms with E-state index in [0.717, 1.165) is 16.9 Å². The number of nitriles is 1. The predicted octanol–water partition coefficient (Wildman–Crippen LogP) is 1.93. The SMILES string of the molecule is CNSCc1ccccc1C#N. The van der Waals surface area contributed by atoms with E-state index in [1.54, 1.807) is 11.9 Å². The second-order valence-electron chi connectivity index (χ2n) is 2.26. The van der Waals surface area contributed by atoms with Crippen molar-refractivity contribution in [1.82, 2.24) is 4.72 Å². The standard InChI is InChI=1S/C9H10N2S/c1-11-12-7-9-5-3-2-4-8(9)6-10/h2-5,11H,7H2,1H3. The maximum atomic E-state index is 8.74. The van der Waals surface area contributed by atoms with Gasteiger partial charge in [-0.2, -0.15) is 5.26 Å². The molecule has 0 amide bonds. The van der Waals surface area contributed by atoms with Gasteiger partial charge in [0.05, 0.1) is 11.6 Å². The molecule has 0 aliphatic heterocycles. The molecule has 0 fully saturated rings. The van der Waals surface area contributed by atoms with Gasteiger partial charge in [0.1, 0.15) is 0 Å². The molecule has 0 aliphatic carbocycles. The summed E-state index contributed by atoms with van der Waals surface area (Å²) in [5, 5.41) is 8.74. The van der Waals surface area contributed by atoms with Crippen LogP contribution in [0.1, 0.15) is 11.1 Å². The molecule has 0 aliphatic rings. The molecule has 0 atom stereocenters. The Hall–Kier alpha value is -0.980. The first kappa shape index (κ1) is 9.11. The van der Waals surface area contributed by atoms with Gasteiger partial charge in [-0.3, -0.25) is 4.72 Å². The van der Waals surface area contributed by atoms with Gasteiger partial charge in [0, 0.05) is 5.75 Å². The van der Waals surface area contributed by atoms with Crippen LogP contribution >= 0.6 is 11.9 Å². The van der Waals surface area contributed by atoms with E-state index in [-0.39, 0.29) is 0 Å². The normalized spacial score (nSPS) is 9.33. The highest BCUT2D eigenvalue weighted by Gasteiger charge is 1.98. The quantitative estimate of drug-likeness (QED) is 0.718. The molecule has 1 N–H and O–H groups in total. The van der Waals surface area contributed by atoms with Crippen molar-refractivity contribution in [2.45, 2.75) is 5.75 Å². The Labute approximate surface area is 76.7 Å². The van der Waals surface area contributed by atoms with Gasteiger partial charge in [-0.25, -0.2) is 0 Å². The minimum atomic E-state index is 0.764. The third-order valence-electron chi connectivity index (χ3n) is 1.51. The summed E-state index contributed by atoms with van der Waals surface area (Å²) in [6, 6.07) is 9.81. The molecule has 1 rings (SSSR count). The van der Waals surface area contributed by atoms with Crippen molar-refractivity contribution in [3.8, 4) is 6.07 Å². The Morgan fingerprint density at radius 1 is 1.50 bits per heavy atom. The van der Waals surface area contributed by atoms with Crippen molar-refractivity contribution in [3.63, 3.8) is 0 Å². The van der Waals surface area contributed by atoms with E-state index >= 15 is 0 Å². The molecule has 0 heterocycles. The number of nitrogens with zero attached hydrogens (tertiary/aromatic N) is 1. The van der Waals surface area contributed by atoms with Gasteiger partial charge >= 0.3 is 0 Å². The lowest BCUT2D eigenvalue weighted by Crippen LogP contribution is -1.94. The van der Waals surface area contributed by atoms with Crippen LogP contribution < -0.4 is 4.72 Å². The monoisotopic (exact) mass is 178 g/mol. The van der Waals surface area contributed by atoms with Gasteiger partial charge in [-0.05, 0) is 18.7 Å². The van der Waals surface area contributed by atoms with Crippen molar-refractivity contribution in [2.24, 2.45) is 0 Å². The molecule has 1 aromatic carbocycles. The van der Waals surface area contributed by atoms with Crippen LogP contribution in [0, 0.1) is 11.3 Å². The summed E-state index contributed by atoms with van der Waals surface area (Å²) in [5.74, 6) is 0.834. The van der Waals surface area contributed by atoms with Gasteiger partial charge < -0.3 is 0 Å². The first-order chi connectivity index (χ1) is 5.88. The highest BCUT2D eigenvalue weighted by Crippen LogP contribution is 2.12. The summed E-state index contributed by atoms with van der Waals surface area (Å²) in [6.07, 6.45) is 0. The number of rotatable bonds is 3. The first-order valence-electron chi connectivity index (χ1n) is 3.65. The van der Waals surface area contributed by atoms with Crippen LogP contribution in [0.5, 0.6) is 0 Å². The van der Waals surface area contributed by atoms with E-state index in [4.69, 9.17) is 5.26 Å². The zero-order valence-electron chi connectivity index (χ0n) is 6.87. The number of nitrogens with one attached hydrogen (secondary N) is 1. The minimum absolute atomic E-state index is 0.764. The molecule has 0 unspecified atom stereocenters. The van der Waals surface area contributed by atoms with Crippen molar-refractivity contribution in [2.75, 3.05) is 7.05 Å². The number of benzene rings is 1. The van der Waals surface area contributed by atoms with Crippen LogP contribution in [-0.2, 0) is 5.75 Å². The Morgan fingerprint density at radius 2 is 2.25 bits per heavy atom. The van der Waals surface area contributed by atoms with Crippen LogP contribution in [0.3, 0.4) is 0 Å². The maximum absolute atomic E-state index is 8.74. The van der Waals surface area contributed by atoms with Crippen LogP contribution in [-0.4, -0.2) is 7.05 Å². The van der Waals surface area contributed by atoms with Crippen LogP contribution in [0.15, 0.2) is 24.3 Å². The molecular weight excluding hydrogens is 168 g/mol. The molecule has 0 saturated carbocycles. The van der Waals surface area contributed by atoms with E-state index in [0.29, 0.717) is 0 Å². The third kappa shape index (κ3) is 2.26. The molecule has 0 spiro atoms. The molecule has 62 valence electrons. The summed E-state index contributed by atoms with van der Waals surface area (Å²) in [5.41, 5.74) is 1.85. The summed E-state index contributed by atoms with van der Waals surface area (Å²) in [7, 11) is 1.87. The van der Waals surface area contributed by atoms with Gasteiger partial charge in [0.15, 0.2) is 0 Å².